The van der Waals surface area contributed by atoms with Crippen LogP contribution in [0, 0.1) is 5.31 Å². The van der Waals surface area contributed by atoms with Crippen LogP contribution in [0.15, 0.2) is 24.3 Å². The van der Waals surface area contributed by atoms with Gasteiger partial charge in [0, 0.05) is 11.1 Å². The predicted octanol–water partition coefficient (Wildman–Crippen LogP) is 4.54. The van der Waals surface area contributed by atoms with Gasteiger partial charge in [-0.05, 0) is 13.8 Å². The Kier molecular flexibility index (Phi) is 24.5. The Bertz CT molecular complexity index is 491. The van der Waals surface area contributed by atoms with Gasteiger partial charge in [-0.2, -0.15) is 0 Å². The first-order valence-electron chi connectivity index (χ1n) is 8.34. The molecule has 0 radical (unpaired) electrons. The third-order valence-corrected chi connectivity index (χ3v) is 9.88. The van der Waals surface area contributed by atoms with Crippen LogP contribution in [0.25, 0.3) is 0 Å². The Labute approximate surface area is 207 Å². The minimum atomic E-state index is -0.489. The molecule has 0 saturated carbocycles. The SMILES string of the molecule is C.C=C(C)C(=O)OCCOC(=O)C(=C)C.SCC1CSCC(CS)[Se]1.[2H]N=BI. The maximum atomic E-state index is 10.8. The molecule has 1 heterocycles. The molecule has 1 fully saturated rings. The molecule has 1 saturated heterocycles. The van der Waals surface area contributed by atoms with E-state index in [1.54, 1.807) is 13.8 Å². The predicted molar refractivity (Wildman–Crippen MR) is 139 cm³/mol. The van der Waals surface area contributed by atoms with E-state index in [-0.39, 0.29) is 20.6 Å². The van der Waals surface area contributed by atoms with Gasteiger partial charge in [0.2, 0.25) is 0 Å². The van der Waals surface area contributed by atoms with Crippen molar-refractivity contribution in [3.05, 3.63) is 24.3 Å². The van der Waals surface area contributed by atoms with Crippen LogP contribution in [0.1, 0.15) is 21.3 Å². The van der Waals surface area contributed by atoms with E-state index in [4.69, 9.17) is 1.41 Å². The summed E-state index contributed by atoms with van der Waals surface area (Å²) < 4.78 is 15.4. The zero-order valence-corrected chi connectivity index (χ0v) is 22.0. The number of hydrogen-bond donors (Lipinski definition) is 3. The van der Waals surface area contributed by atoms with E-state index in [0.717, 1.165) is 36.1 Å². The van der Waals surface area contributed by atoms with Crippen molar-refractivity contribution in [2.45, 2.75) is 30.9 Å². The van der Waals surface area contributed by atoms with Crippen LogP contribution in [0.4, 0.5) is 0 Å². The fourth-order valence-electron chi connectivity index (χ4n) is 1.39. The van der Waals surface area contributed by atoms with Gasteiger partial charge in [0.25, 0.3) is 0 Å². The van der Waals surface area contributed by atoms with E-state index < -0.39 is 11.9 Å². The summed E-state index contributed by atoms with van der Waals surface area (Å²) in [5.74, 6) is 3.86. The standard InChI is InChI=1S/C10H14O4.C6H12S3Se.CH4.BHIN/c1-7(2)9(11)13-5-6-14-10(12)8(3)4;7-1-5-3-9-4-6(2-8)10-5;;2-1-3/h1,3,5-6H2,2,4H3;5-8H,1-4H2;1H4;3H/i;;;3D. The number of nitrogens with one attached hydrogen (secondary N) is 1. The molecular weight excluding hydrogens is 595 g/mol. The Morgan fingerprint density at radius 3 is 1.79 bits per heavy atom. The molecule has 1 rings (SSSR count). The van der Waals surface area contributed by atoms with Crippen molar-refractivity contribution in [3.8, 4) is 0 Å². The number of carbonyl (C=O) groups is 2. The van der Waals surface area contributed by atoms with E-state index >= 15 is 0 Å². The zero-order valence-electron chi connectivity index (χ0n) is 16.6. The monoisotopic (exact) mass is 628 g/mol. The quantitative estimate of drug-likeness (QED) is 0.0967. The summed E-state index contributed by atoms with van der Waals surface area (Å²) in [6.07, 6.45) is 0. The second-order valence-electron chi connectivity index (χ2n) is 5.21. The number of carbonyl (C=O) groups excluding carboxylic acids is 2. The summed E-state index contributed by atoms with van der Waals surface area (Å²) in [6, 6.07) is 0. The number of hydrogen-bond acceptors (Lipinski definition) is 8. The van der Waals surface area contributed by atoms with Crippen molar-refractivity contribution in [2.75, 3.05) is 36.2 Å². The molecule has 0 aromatic carbocycles. The van der Waals surface area contributed by atoms with E-state index in [1.165, 1.54) is 16.4 Å². The summed E-state index contributed by atoms with van der Waals surface area (Å²) in [5.41, 5.74) is 0.632. The van der Waals surface area contributed by atoms with Crippen molar-refractivity contribution in [1.29, 1.82) is 5.31 Å². The molecule has 5 nitrogen and oxygen atoms in total. The van der Waals surface area contributed by atoms with Crippen molar-refractivity contribution >= 4 is 91.2 Å². The number of thiol groups is 2. The van der Waals surface area contributed by atoms with Gasteiger partial charge in [0.05, 0.1) is 0 Å². The normalized spacial score (nSPS) is 17.8. The molecule has 0 aromatic heterocycles. The zero-order chi connectivity index (χ0) is 21.9. The van der Waals surface area contributed by atoms with Gasteiger partial charge in [0.15, 0.2) is 0 Å². The third-order valence-electron chi connectivity index (χ3n) is 2.65. The molecule has 162 valence electrons. The number of esters is 2. The summed E-state index contributed by atoms with van der Waals surface area (Å²) in [7, 11) is 0. The number of rotatable bonds is 7. The van der Waals surface area contributed by atoms with Gasteiger partial charge in [-0.3, -0.25) is 0 Å². The molecule has 1 aliphatic heterocycles. The van der Waals surface area contributed by atoms with Gasteiger partial charge >= 0.3 is 131 Å². The first kappa shape index (κ1) is 30.8. The topological polar surface area (TPSA) is 76.5 Å². The fourth-order valence-corrected chi connectivity index (χ4v) is 7.65. The Morgan fingerprint density at radius 2 is 1.54 bits per heavy atom. The van der Waals surface area contributed by atoms with Gasteiger partial charge in [-0.15, -0.1) is 0 Å². The van der Waals surface area contributed by atoms with Gasteiger partial charge in [-0.25, -0.2) is 9.59 Å². The number of ether oxygens (including phenoxy) is 2. The van der Waals surface area contributed by atoms with Crippen LogP contribution in [-0.2, 0) is 19.1 Å². The average Bonchev–Trinajstić information content (AvgIpc) is 2.71. The molecule has 11 heteroatoms. The first-order chi connectivity index (χ1) is 13.2. The summed E-state index contributed by atoms with van der Waals surface area (Å²) >= 11 is 13.4. The molecule has 0 amide bonds. The molecular formula is C17H31BINO4S3Se. The van der Waals surface area contributed by atoms with E-state index in [9.17, 15) is 9.59 Å². The maximum absolute atomic E-state index is 10.8. The molecule has 0 bridgehead atoms. The van der Waals surface area contributed by atoms with Gasteiger partial charge in [0.1, 0.15) is 13.2 Å². The van der Waals surface area contributed by atoms with Crippen LogP contribution in [0.3, 0.4) is 0 Å². The van der Waals surface area contributed by atoms with Crippen molar-refractivity contribution in [2.24, 2.45) is 0 Å². The number of thioether (sulfide) groups is 1. The number of halogens is 1. The van der Waals surface area contributed by atoms with E-state index in [1.807, 2.05) is 22.4 Å². The van der Waals surface area contributed by atoms with Crippen LogP contribution in [0.5, 0.6) is 0 Å². The molecule has 0 spiro atoms. The minimum absolute atomic E-state index is 0. The van der Waals surface area contributed by atoms with Crippen LogP contribution in [-0.4, -0.2) is 68.0 Å². The molecule has 2 unspecified atom stereocenters. The molecule has 1 aliphatic rings. The Hall–Kier alpha value is 0.584. The van der Waals surface area contributed by atoms with E-state index in [0.29, 0.717) is 11.1 Å². The summed E-state index contributed by atoms with van der Waals surface area (Å²) in [5, 5.41) is 2.85. The molecule has 0 aliphatic carbocycles. The molecule has 2 atom stereocenters. The van der Waals surface area contributed by atoms with Crippen LogP contribution < -0.4 is 0 Å². The summed E-state index contributed by atoms with van der Waals surface area (Å²) in [6.45, 7) is 9.95. The molecule has 0 aromatic rings. The first-order valence-corrected chi connectivity index (χ1v) is 13.5. The molecule has 1 N–H and O–H groups in total. The van der Waals surface area contributed by atoms with Crippen molar-refractivity contribution in [1.82, 2.24) is 0 Å². The van der Waals surface area contributed by atoms with Crippen LogP contribution >= 0.6 is 59.4 Å². The van der Waals surface area contributed by atoms with Gasteiger partial charge < -0.3 is 9.47 Å². The Balaban J connectivity index is -0.000000393. The van der Waals surface area contributed by atoms with Crippen molar-refractivity contribution < 1.29 is 20.5 Å². The fraction of sp³-hybridized carbons (Fsp3) is 0.647. The van der Waals surface area contributed by atoms with Crippen LogP contribution in [0.2, 0.25) is 11.0 Å². The summed E-state index contributed by atoms with van der Waals surface area (Å²) in [4.78, 5) is 24.9. The Morgan fingerprint density at radius 1 is 1.18 bits per heavy atom. The van der Waals surface area contributed by atoms with Crippen molar-refractivity contribution in [3.63, 3.8) is 0 Å². The second kappa shape index (κ2) is 22.3. The van der Waals surface area contributed by atoms with Gasteiger partial charge in [-0.1, -0.05) is 20.6 Å². The van der Waals surface area contributed by atoms with E-state index in [2.05, 4.69) is 65.0 Å². The molecule has 28 heavy (non-hydrogen) atoms. The third kappa shape index (κ3) is 19.9. The second-order valence-corrected chi connectivity index (χ2v) is 10.9. The average molecular weight is 627 g/mol.